The first-order valence-corrected chi connectivity index (χ1v) is 5.70. The topological polar surface area (TPSA) is 35.2 Å². The van der Waals surface area contributed by atoms with Gasteiger partial charge in [-0.1, -0.05) is 34.1 Å². The van der Waals surface area contributed by atoms with Crippen molar-refractivity contribution >= 4 is 15.9 Å². The fourth-order valence-corrected chi connectivity index (χ4v) is 2.34. The Morgan fingerprint density at radius 2 is 2.14 bits per heavy atom. The van der Waals surface area contributed by atoms with E-state index in [1.165, 1.54) is 5.56 Å². The molecule has 2 unspecified atom stereocenters. The summed E-state index contributed by atoms with van der Waals surface area (Å²) in [5.74, 6) is 0. The van der Waals surface area contributed by atoms with Crippen molar-refractivity contribution in [1.82, 2.24) is 0 Å². The van der Waals surface area contributed by atoms with Crippen LogP contribution in [0.15, 0.2) is 28.7 Å². The van der Waals surface area contributed by atoms with Crippen molar-refractivity contribution in [3.8, 4) is 0 Å². The van der Waals surface area contributed by atoms with Crippen LogP contribution in [0.4, 0.5) is 0 Å². The predicted molar refractivity (Wildman–Crippen MR) is 60.0 cm³/mol. The van der Waals surface area contributed by atoms with E-state index in [0.29, 0.717) is 0 Å². The summed E-state index contributed by atoms with van der Waals surface area (Å²) in [7, 11) is 0. The molecule has 2 atom stereocenters. The standard InChI is InChI=1S/C11H14BrNO/c12-9-5-2-1-4-8(9)11-10(13)6-3-7-14-11/h1-2,4-5,10-11H,3,6-7,13H2. The van der Waals surface area contributed by atoms with Crippen molar-refractivity contribution in [2.24, 2.45) is 5.73 Å². The van der Waals surface area contributed by atoms with Crippen molar-refractivity contribution in [3.05, 3.63) is 34.3 Å². The number of nitrogens with two attached hydrogens (primary N) is 1. The smallest absolute Gasteiger partial charge is 0.0986 e. The molecule has 1 heterocycles. The van der Waals surface area contributed by atoms with Gasteiger partial charge in [0.05, 0.1) is 6.10 Å². The van der Waals surface area contributed by atoms with Gasteiger partial charge < -0.3 is 10.5 Å². The third-order valence-electron chi connectivity index (χ3n) is 2.58. The summed E-state index contributed by atoms with van der Waals surface area (Å²) in [6.45, 7) is 0.819. The van der Waals surface area contributed by atoms with E-state index in [4.69, 9.17) is 10.5 Å². The Balaban J connectivity index is 2.25. The lowest BCUT2D eigenvalue weighted by Crippen LogP contribution is -2.34. The van der Waals surface area contributed by atoms with E-state index < -0.39 is 0 Å². The molecule has 0 saturated carbocycles. The molecule has 1 fully saturated rings. The zero-order valence-electron chi connectivity index (χ0n) is 7.95. The first kappa shape index (κ1) is 10.1. The quantitative estimate of drug-likeness (QED) is 0.838. The highest BCUT2D eigenvalue weighted by Gasteiger charge is 2.25. The highest BCUT2D eigenvalue weighted by atomic mass is 79.9. The third-order valence-corrected chi connectivity index (χ3v) is 3.30. The summed E-state index contributed by atoms with van der Waals surface area (Å²) in [5, 5.41) is 0. The van der Waals surface area contributed by atoms with Crippen LogP contribution >= 0.6 is 15.9 Å². The number of hydrogen-bond donors (Lipinski definition) is 1. The predicted octanol–water partition coefficient (Wildman–Crippen LogP) is 2.63. The van der Waals surface area contributed by atoms with E-state index in [-0.39, 0.29) is 12.1 Å². The summed E-state index contributed by atoms with van der Waals surface area (Å²) >= 11 is 3.52. The van der Waals surface area contributed by atoms with E-state index in [2.05, 4.69) is 22.0 Å². The van der Waals surface area contributed by atoms with Crippen LogP contribution in [0.1, 0.15) is 24.5 Å². The molecular formula is C11H14BrNO. The maximum absolute atomic E-state index is 6.03. The molecule has 1 saturated heterocycles. The molecule has 2 rings (SSSR count). The molecule has 0 bridgehead atoms. The summed E-state index contributed by atoms with van der Waals surface area (Å²) in [4.78, 5) is 0. The Morgan fingerprint density at radius 1 is 1.36 bits per heavy atom. The molecule has 76 valence electrons. The normalized spacial score (nSPS) is 27.6. The van der Waals surface area contributed by atoms with Gasteiger partial charge in [-0.15, -0.1) is 0 Å². The summed E-state index contributed by atoms with van der Waals surface area (Å²) < 4.78 is 6.79. The van der Waals surface area contributed by atoms with E-state index >= 15 is 0 Å². The molecule has 1 aliphatic heterocycles. The summed E-state index contributed by atoms with van der Waals surface area (Å²) in [6.07, 6.45) is 2.17. The lowest BCUT2D eigenvalue weighted by atomic mass is 9.97. The molecule has 3 heteroatoms. The van der Waals surface area contributed by atoms with Crippen LogP contribution in [0, 0.1) is 0 Å². The Labute approximate surface area is 92.6 Å². The molecule has 1 aromatic rings. The van der Waals surface area contributed by atoms with Crippen LogP contribution in [0.5, 0.6) is 0 Å². The minimum absolute atomic E-state index is 0.0549. The van der Waals surface area contributed by atoms with Crippen molar-refractivity contribution in [2.75, 3.05) is 6.61 Å². The zero-order chi connectivity index (χ0) is 9.97. The Kier molecular flexibility index (Phi) is 3.21. The first-order chi connectivity index (χ1) is 6.79. The van der Waals surface area contributed by atoms with Gasteiger partial charge in [0.15, 0.2) is 0 Å². The number of rotatable bonds is 1. The number of halogens is 1. The van der Waals surface area contributed by atoms with Gasteiger partial charge in [0.1, 0.15) is 0 Å². The highest BCUT2D eigenvalue weighted by Crippen LogP contribution is 2.31. The lowest BCUT2D eigenvalue weighted by molar-refractivity contribution is -0.000275. The van der Waals surface area contributed by atoms with Gasteiger partial charge >= 0.3 is 0 Å². The lowest BCUT2D eigenvalue weighted by Gasteiger charge is -2.29. The van der Waals surface area contributed by atoms with E-state index in [1.807, 2.05) is 18.2 Å². The summed E-state index contributed by atoms with van der Waals surface area (Å²) in [5.41, 5.74) is 7.20. The maximum Gasteiger partial charge on any atom is 0.0986 e. The Bertz CT molecular complexity index is 316. The third kappa shape index (κ3) is 2.00. The van der Waals surface area contributed by atoms with E-state index in [1.54, 1.807) is 0 Å². The number of hydrogen-bond acceptors (Lipinski definition) is 2. The first-order valence-electron chi connectivity index (χ1n) is 4.90. The van der Waals surface area contributed by atoms with E-state index in [0.717, 1.165) is 23.9 Å². The molecule has 14 heavy (non-hydrogen) atoms. The molecular weight excluding hydrogens is 242 g/mol. The fraction of sp³-hybridized carbons (Fsp3) is 0.455. The molecule has 1 aliphatic rings. The van der Waals surface area contributed by atoms with Gasteiger partial charge in [-0.3, -0.25) is 0 Å². The molecule has 2 N–H and O–H groups in total. The second-order valence-corrected chi connectivity index (χ2v) is 4.47. The SMILES string of the molecule is NC1CCCOC1c1ccccc1Br. The molecule has 0 aromatic heterocycles. The molecule has 0 aliphatic carbocycles. The van der Waals surface area contributed by atoms with Crippen LogP contribution < -0.4 is 5.73 Å². The molecule has 0 amide bonds. The average molecular weight is 256 g/mol. The molecule has 0 radical (unpaired) electrons. The van der Waals surface area contributed by atoms with Gasteiger partial charge in [-0.05, 0) is 24.5 Å². The van der Waals surface area contributed by atoms with E-state index in [9.17, 15) is 0 Å². The highest BCUT2D eigenvalue weighted by molar-refractivity contribution is 9.10. The monoisotopic (exact) mass is 255 g/mol. The van der Waals surface area contributed by atoms with Crippen molar-refractivity contribution in [3.63, 3.8) is 0 Å². The average Bonchev–Trinajstić information content (AvgIpc) is 2.20. The summed E-state index contributed by atoms with van der Waals surface area (Å²) in [6, 6.07) is 8.24. The van der Waals surface area contributed by atoms with Crippen LogP contribution in [0.25, 0.3) is 0 Å². The second kappa shape index (κ2) is 4.43. The molecule has 1 aromatic carbocycles. The van der Waals surface area contributed by atoms with Crippen molar-refractivity contribution in [2.45, 2.75) is 25.0 Å². The Morgan fingerprint density at radius 3 is 2.86 bits per heavy atom. The maximum atomic E-state index is 6.03. The minimum Gasteiger partial charge on any atom is -0.372 e. The fourth-order valence-electron chi connectivity index (χ4n) is 1.83. The van der Waals surface area contributed by atoms with Crippen molar-refractivity contribution < 1.29 is 4.74 Å². The van der Waals surface area contributed by atoms with Crippen LogP contribution in [-0.4, -0.2) is 12.6 Å². The Hall–Kier alpha value is -0.380. The van der Waals surface area contributed by atoms with Gasteiger partial charge in [-0.2, -0.15) is 0 Å². The second-order valence-electron chi connectivity index (χ2n) is 3.62. The van der Waals surface area contributed by atoms with Gasteiger partial charge in [0.25, 0.3) is 0 Å². The zero-order valence-corrected chi connectivity index (χ0v) is 9.53. The molecule has 0 spiro atoms. The van der Waals surface area contributed by atoms with Crippen LogP contribution in [0.2, 0.25) is 0 Å². The minimum atomic E-state index is 0.0549. The van der Waals surface area contributed by atoms with Crippen LogP contribution in [0.3, 0.4) is 0 Å². The van der Waals surface area contributed by atoms with Gasteiger partial charge in [0.2, 0.25) is 0 Å². The van der Waals surface area contributed by atoms with Crippen molar-refractivity contribution in [1.29, 1.82) is 0 Å². The molecule has 2 nitrogen and oxygen atoms in total. The largest absolute Gasteiger partial charge is 0.372 e. The van der Waals surface area contributed by atoms with Gasteiger partial charge in [-0.25, -0.2) is 0 Å². The number of benzene rings is 1. The van der Waals surface area contributed by atoms with Gasteiger partial charge in [0, 0.05) is 17.1 Å². The van der Waals surface area contributed by atoms with Crippen LogP contribution in [-0.2, 0) is 4.74 Å². The number of ether oxygens (including phenoxy) is 1.